The fourth-order valence-corrected chi connectivity index (χ4v) is 5.35. The van der Waals surface area contributed by atoms with Gasteiger partial charge in [-0.05, 0) is 56.7 Å². The predicted octanol–water partition coefficient (Wildman–Crippen LogP) is 5.15. The average molecular weight is 578 g/mol. The van der Waals surface area contributed by atoms with Crippen molar-refractivity contribution >= 4 is 39.1 Å². The SMILES string of the molecule is CC[C@@H](C)NC(=O)[C@H](C)N(Cc1ccccc1F)C(=O)CN(c1ccc(F)c(Cl)c1)S(=O)(=O)c1ccccc1. The standard InChI is InChI=1S/C28H30ClF2N3O4S/c1-4-19(2)32-28(36)20(3)33(17-21-10-8-9-13-25(21)30)27(35)18-34(22-14-15-26(31)24(29)16-22)39(37,38)23-11-6-5-7-12-23/h5-16,19-20H,4,17-18H2,1-3H3,(H,32,36)/t19-,20+/m1/s1. The summed E-state index contributed by atoms with van der Waals surface area (Å²) >= 11 is 5.95. The molecule has 208 valence electrons. The van der Waals surface area contributed by atoms with Gasteiger partial charge in [-0.25, -0.2) is 17.2 Å². The molecule has 0 aliphatic rings. The second kappa shape index (κ2) is 13.0. The molecule has 3 aromatic rings. The van der Waals surface area contributed by atoms with Crippen LogP contribution < -0.4 is 9.62 Å². The number of rotatable bonds is 11. The van der Waals surface area contributed by atoms with Gasteiger partial charge < -0.3 is 10.2 Å². The van der Waals surface area contributed by atoms with E-state index in [1.807, 2.05) is 6.92 Å². The van der Waals surface area contributed by atoms with Gasteiger partial charge in [-0.3, -0.25) is 13.9 Å². The Bertz CT molecular complexity index is 1420. The minimum absolute atomic E-state index is 0.0545. The second-order valence-corrected chi connectivity index (χ2v) is 11.3. The lowest BCUT2D eigenvalue weighted by Crippen LogP contribution is -2.52. The van der Waals surface area contributed by atoms with E-state index >= 15 is 0 Å². The minimum atomic E-state index is -4.33. The molecular weight excluding hydrogens is 548 g/mol. The zero-order chi connectivity index (χ0) is 28.7. The normalized spacial score (nSPS) is 12.9. The molecule has 0 spiro atoms. The number of amides is 2. The zero-order valence-electron chi connectivity index (χ0n) is 21.8. The highest BCUT2D eigenvalue weighted by molar-refractivity contribution is 7.92. The van der Waals surface area contributed by atoms with Crippen LogP contribution in [-0.4, -0.2) is 43.8 Å². The summed E-state index contributed by atoms with van der Waals surface area (Å²) in [7, 11) is -4.33. The lowest BCUT2D eigenvalue weighted by atomic mass is 10.1. The largest absolute Gasteiger partial charge is 0.352 e. The van der Waals surface area contributed by atoms with Crippen LogP contribution in [0.3, 0.4) is 0 Å². The third-order valence-corrected chi connectivity index (χ3v) is 8.35. The second-order valence-electron chi connectivity index (χ2n) is 9.03. The van der Waals surface area contributed by atoms with Crippen LogP contribution in [0.15, 0.2) is 77.7 Å². The summed E-state index contributed by atoms with van der Waals surface area (Å²) in [4.78, 5) is 27.8. The molecular formula is C28H30ClF2N3O4S. The minimum Gasteiger partial charge on any atom is -0.352 e. The molecule has 0 unspecified atom stereocenters. The van der Waals surface area contributed by atoms with Gasteiger partial charge in [0.25, 0.3) is 10.0 Å². The fourth-order valence-electron chi connectivity index (χ4n) is 3.75. The van der Waals surface area contributed by atoms with Gasteiger partial charge in [-0.1, -0.05) is 54.9 Å². The summed E-state index contributed by atoms with van der Waals surface area (Å²) in [6, 6.07) is 15.2. The number of sulfonamides is 1. The maximum Gasteiger partial charge on any atom is 0.264 e. The first-order valence-electron chi connectivity index (χ1n) is 12.3. The number of hydrogen-bond donors (Lipinski definition) is 1. The van der Waals surface area contributed by atoms with E-state index in [1.54, 1.807) is 19.1 Å². The Morgan fingerprint density at radius 1 is 0.949 bits per heavy atom. The third-order valence-electron chi connectivity index (χ3n) is 6.27. The van der Waals surface area contributed by atoms with Crippen molar-refractivity contribution in [3.63, 3.8) is 0 Å². The molecule has 11 heteroatoms. The molecule has 2 amide bonds. The van der Waals surface area contributed by atoms with Crippen molar-refractivity contribution in [1.29, 1.82) is 0 Å². The Kier molecular flexibility index (Phi) is 10.0. The van der Waals surface area contributed by atoms with Gasteiger partial charge in [0.15, 0.2) is 0 Å². The van der Waals surface area contributed by atoms with Gasteiger partial charge in [0.2, 0.25) is 11.8 Å². The molecule has 0 saturated heterocycles. The van der Waals surface area contributed by atoms with Crippen LogP contribution in [0.2, 0.25) is 5.02 Å². The Morgan fingerprint density at radius 3 is 2.21 bits per heavy atom. The van der Waals surface area contributed by atoms with E-state index in [4.69, 9.17) is 11.6 Å². The topological polar surface area (TPSA) is 86.8 Å². The first kappa shape index (κ1) is 30.0. The Hall–Kier alpha value is -3.50. The molecule has 0 bridgehead atoms. The van der Waals surface area contributed by atoms with Crippen molar-refractivity contribution in [3.05, 3.63) is 95.0 Å². The summed E-state index contributed by atoms with van der Waals surface area (Å²) in [6.45, 7) is 4.14. The van der Waals surface area contributed by atoms with Crippen LogP contribution in [0.5, 0.6) is 0 Å². The molecule has 0 aromatic heterocycles. The summed E-state index contributed by atoms with van der Waals surface area (Å²) in [5.74, 6) is -2.59. The third kappa shape index (κ3) is 7.33. The number of nitrogens with one attached hydrogen (secondary N) is 1. The lowest BCUT2D eigenvalue weighted by molar-refractivity contribution is -0.139. The monoisotopic (exact) mass is 577 g/mol. The molecule has 0 heterocycles. The number of halogens is 3. The molecule has 7 nitrogen and oxygen atoms in total. The molecule has 3 aromatic carbocycles. The van der Waals surface area contributed by atoms with Gasteiger partial charge >= 0.3 is 0 Å². The number of hydrogen-bond acceptors (Lipinski definition) is 4. The highest BCUT2D eigenvalue weighted by Crippen LogP contribution is 2.28. The summed E-state index contributed by atoms with van der Waals surface area (Å²) in [5.41, 5.74) is 0.0949. The first-order chi connectivity index (χ1) is 18.4. The van der Waals surface area contributed by atoms with Gasteiger partial charge in [0.1, 0.15) is 24.2 Å². The van der Waals surface area contributed by atoms with Crippen molar-refractivity contribution in [2.45, 2.75) is 50.7 Å². The molecule has 2 atom stereocenters. The number of carbonyl (C=O) groups excluding carboxylic acids is 2. The van der Waals surface area contributed by atoms with Crippen LogP contribution in [0.25, 0.3) is 0 Å². The van der Waals surface area contributed by atoms with E-state index in [-0.39, 0.29) is 33.8 Å². The molecule has 0 aliphatic carbocycles. The summed E-state index contributed by atoms with van der Waals surface area (Å²) in [5, 5.41) is 2.47. The quantitative estimate of drug-likeness (QED) is 0.342. The Morgan fingerprint density at radius 2 is 1.59 bits per heavy atom. The molecule has 0 fully saturated rings. The van der Waals surface area contributed by atoms with Gasteiger partial charge in [-0.15, -0.1) is 0 Å². The van der Waals surface area contributed by atoms with Crippen LogP contribution in [-0.2, 0) is 26.2 Å². The predicted molar refractivity (Wildman–Crippen MR) is 147 cm³/mol. The first-order valence-corrected chi connectivity index (χ1v) is 14.1. The van der Waals surface area contributed by atoms with E-state index in [0.717, 1.165) is 21.3 Å². The molecule has 3 rings (SSSR count). The van der Waals surface area contributed by atoms with E-state index in [0.29, 0.717) is 6.42 Å². The number of anilines is 1. The van der Waals surface area contributed by atoms with Crippen LogP contribution in [0, 0.1) is 11.6 Å². The van der Waals surface area contributed by atoms with Crippen LogP contribution in [0.4, 0.5) is 14.5 Å². The van der Waals surface area contributed by atoms with E-state index in [2.05, 4.69) is 5.32 Å². The fraction of sp³-hybridized carbons (Fsp3) is 0.286. The molecule has 39 heavy (non-hydrogen) atoms. The van der Waals surface area contributed by atoms with Crippen molar-refractivity contribution < 1.29 is 26.8 Å². The van der Waals surface area contributed by atoms with Crippen molar-refractivity contribution in [2.75, 3.05) is 10.8 Å². The number of nitrogens with zero attached hydrogens (tertiary/aromatic N) is 2. The highest BCUT2D eigenvalue weighted by atomic mass is 35.5. The molecule has 0 aliphatic heterocycles. The zero-order valence-corrected chi connectivity index (χ0v) is 23.3. The molecule has 0 radical (unpaired) electrons. The number of benzene rings is 3. The maximum atomic E-state index is 14.6. The molecule has 1 N–H and O–H groups in total. The van der Waals surface area contributed by atoms with Crippen LogP contribution >= 0.6 is 11.6 Å². The van der Waals surface area contributed by atoms with E-state index in [9.17, 15) is 26.8 Å². The van der Waals surface area contributed by atoms with Crippen molar-refractivity contribution in [3.8, 4) is 0 Å². The van der Waals surface area contributed by atoms with Crippen LogP contribution in [0.1, 0.15) is 32.8 Å². The average Bonchev–Trinajstić information content (AvgIpc) is 2.92. The maximum absolute atomic E-state index is 14.6. The highest BCUT2D eigenvalue weighted by Gasteiger charge is 2.33. The number of carbonyl (C=O) groups is 2. The van der Waals surface area contributed by atoms with Gasteiger partial charge in [0.05, 0.1) is 15.6 Å². The van der Waals surface area contributed by atoms with E-state index in [1.165, 1.54) is 55.5 Å². The van der Waals surface area contributed by atoms with Crippen molar-refractivity contribution in [2.24, 2.45) is 0 Å². The van der Waals surface area contributed by atoms with Crippen molar-refractivity contribution in [1.82, 2.24) is 10.2 Å². The van der Waals surface area contributed by atoms with E-state index < -0.39 is 46.1 Å². The summed E-state index contributed by atoms with van der Waals surface area (Å²) < 4.78 is 56.6. The molecule has 0 saturated carbocycles. The Labute approximate surface area is 232 Å². The smallest absolute Gasteiger partial charge is 0.264 e. The Balaban J connectivity index is 2.05. The lowest BCUT2D eigenvalue weighted by Gasteiger charge is -2.32. The summed E-state index contributed by atoms with van der Waals surface area (Å²) in [6.07, 6.45) is 0.647. The van der Waals surface area contributed by atoms with Gasteiger partial charge in [0, 0.05) is 18.2 Å². The van der Waals surface area contributed by atoms with Gasteiger partial charge in [-0.2, -0.15) is 0 Å².